The standard InChI is InChI=1S/C21H22N4O4S/c1-4-13-25(30(27,28)19-11-9-18(10-12-19)22-16(3)26)14-20-23-21(24-29-20)17-7-5-15(2)6-8-17/h4-12H,1,13-14H2,2-3H3,(H,22,26). The number of sulfonamides is 1. The Balaban J connectivity index is 1.82. The molecule has 0 saturated heterocycles. The topological polar surface area (TPSA) is 105 Å². The SMILES string of the molecule is C=CCN(Cc1nc(-c2ccc(C)cc2)no1)S(=O)(=O)c1ccc(NC(C)=O)cc1. The number of nitrogens with zero attached hydrogens (tertiary/aromatic N) is 3. The van der Waals surface area contributed by atoms with Crippen LogP contribution in [-0.4, -0.2) is 35.3 Å². The summed E-state index contributed by atoms with van der Waals surface area (Å²) < 4.78 is 32.6. The van der Waals surface area contributed by atoms with Gasteiger partial charge in [0.1, 0.15) is 0 Å². The van der Waals surface area contributed by atoms with Crippen LogP contribution in [0.5, 0.6) is 0 Å². The van der Waals surface area contributed by atoms with Crippen molar-refractivity contribution in [3.8, 4) is 11.4 Å². The van der Waals surface area contributed by atoms with E-state index in [-0.39, 0.29) is 29.8 Å². The number of carbonyl (C=O) groups excluding carboxylic acids is 1. The second-order valence-corrected chi connectivity index (χ2v) is 8.61. The molecule has 1 aromatic heterocycles. The van der Waals surface area contributed by atoms with Crippen molar-refractivity contribution >= 4 is 21.6 Å². The van der Waals surface area contributed by atoms with E-state index in [4.69, 9.17) is 4.52 Å². The van der Waals surface area contributed by atoms with Crippen molar-refractivity contribution in [1.82, 2.24) is 14.4 Å². The van der Waals surface area contributed by atoms with Gasteiger partial charge in [0, 0.05) is 24.7 Å². The maximum atomic E-state index is 13.1. The van der Waals surface area contributed by atoms with Gasteiger partial charge in [-0.2, -0.15) is 9.29 Å². The molecule has 0 aliphatic rings. The minimum absolute atomic E-state index is 0.0675. The van der Waals surface area contributed by atoms with Crippen LogP contribution in [0.25, 0.3) is 11.4 Å². The fourth-order valence-corrected chi connectivity index (χ4v) is 4.10. The lowest BCUT2D eigenvalue weighted by molar-refractivity contribution is -0.114. The van der Waals surface area contributed by atoms with Crippen molar-refractivity contribution in [2.24, 2.45) is 0 Å². The molecule has 0 aliphatic carbocycles. The van der Waals surface area contributed by atoms with Gasteiger partial charge in [-0.25, -0.2) is 8.42 Å². The third kappa shape index (κ3) is 5.00. The van der Waals surface area contributed by atoms with E-state index in [1.165, 1.54) is 41.6 Å². The van der Waals surface area contributed by atoms with Gasteiger partial charge in [-0.1, -0.05) is 41.1 Å². The van der Waals surface area contributed by atoms with Crippen molar-refractivity contribution in [1.29, 1.82) is 0 Å². The number of amides is 1. The summed E-state index contributed by atoms with van der Waals surface area (Å²) in [5, 5.41) is 6.55. The van der Waals surface area contributed by atoms with Crippen LogP contribution in [-0.2, 0) is 21.4 Å². The van der Waals surface area contributed by atoms with Gasteiger partial charge >= 0.3 is 0 Å². The second kappa shape index (κ2) is 9.02. The number of hydrogen-bond acceptors (Lipinski definition) is 6. The highest BCUT2D eigenvalue weighted by atomic mass is 32.2. The number of hydrogen-bond donors (Lipinski definition) is 1. The number of anilines is 1. The molecular weight excluding hydrogens is 404 g/mol. The summed E-state index contributed by atoms with van der Waals surface area (Å²) >= 11 is 0. The lowest BCUT2D eigenvalue weighted by Gasteiger charge is -2.19. The molecule has 3 aromatic rings. The third-order valence-electron chi connectivity index (χ3n) is 4.23. The zero-order chi connectivity index (χ0) is 21.7. The molecular formula is C21H22N4O4S. The number of carbonyl (C=O) groups is 1. The van der Waals surface area contributed by atoms with E-state index in [2.05, 4.69) is 22.0 Å². The predicted molar refractivity (Wildman–Crippen MR) is 113 cm³/mol. The molecule has 30 heavy (non-hydrogen) atoms. The number of nitrogens with one attached hydrogen (secondary N) is 1. The first-order valence-electron chi connectivity index (χ1n) is 9.18. The van der Waals surface area contributed by atoms with E-state index in [0.717, 1.165) is 11.1 Å². The molecule has 0 bridgehead atoms. The Kier molecular flexibility index (Phi) is 6.43. The number of aryl methyl sites for hydroxylation is 1. The van der Waals surface area contributed by atoms with E-state index in [1.807, 2.05) is 31.2 Å². The molecule has 1 amide bonds. The molecule has 3 rings (SSSR count). The Hall–Kier alpha value is -3.30. The fourth-order valence-electron chi connectivity index (χ4n) is 2.74. The Morgan fingerprint density at radius 1 is 1.17 bits per heavy atom. The highest BCUT2D eigenvalue weighted by Gasteiger charge is 2.26. The predicted octanol–water partition coefficient (Wildman–Crippen LogP) is 3.38. The first-order valence-corrected chi connectivity index (χ1v) is 10.6. The largest absolute Gasteiger partial charge is 0.338 e. The summed E-state index contributed by atoms with van der Waals surface area (Å²) in [6.45, 7) is 6.97. The quantitative estimate of drug-likeness (QED) is 0.554. The zero-order valence-corrected chi connectivity index (χ0v) is 17.5. The second-order valence-electron chi connectivity index (χ2n) is 6.67. The van der Waals surface area contributed by atoms with Gasteiger partial charge in [0.05, 0.1) is 11.4 Å². The lowest BCUT2D eigenvalue weighted by Crippen LogP contribution is -2.31. The Morgan fingerprint density at radius 2 is 1.83 bits per heavy atom. The number of benzene rings is 2. The van der Waals surface area contributed by atoms with Crippen LogP contribution in [0.3, 0.4) is 0 Å². The molecule has 0 fully saturated rings. The molecule has 1 heterocycles. The Labute approximate surface area is 175 Å². The highest BCUT2D eigenvalue weighted by Crippen LogP contribution is 2.22. The maximum Gasteiger partial charge on any atom is 0.243 e. The monoisotopic (exact) mass is 426 g/mol. The lowest BCUT2D eigenvalue weighted by atomic mass is 10.1. The van der Waals surface area contributed by atoms with E-state index in [1.54, 1.807) is 0 Å². The van der Waals surface area contributed by atoms with Crippen LogP contribution in [0.2, 0.25) is 0 Å². The molecule has 0 unspecified atom stereocenters. The van der Waals surface area contributed by atoms with E-state index >= 15 is 0 Å². The van der Waals surface area contributed by atoms with Gasteiger partial charge < -0.3 is 9.84 Å². The summed E-state index contributed by atoms with van der Waals surface area (Å²) in [5.41, 5.74) is 2.40. The number of aromatic nitrogens is 2. The van der Waals surface area contributed by atoms with Crippen LogP contribution in [0.4, 0.5) is 5.69 Å². The van der Waals surface area contributed by atoms with Gasteiger partial charge in [0.25, 0.3) is 0 Å². The minimum Gasteiger partial charge on any atom is -0.338 e. The molecule has 2 aromatic carbocycles. The van der Waals surface area contributed by atoms with E-state index in [0.29, 0.717) is 11.5 Å². The normalized spacial score (nSPS) is 11.4. The van der Waals surface area contributed by atoms with Crippen molar-refractivity contribution in [3.05, 3.63) is 72.6 Å². The average Bonchev–Trinajstić information content (AvgIpc) is 3.17. The van der Waals surface area contributed by atoms with Crippen LogP contribution in [0, 0.1) is 6.92 Å². The molecule has 156 valence electrons. The number of rotatable bonds is 8. The molecule has 0 saturated carbocycles. The zero-order valence-electron chi connectivity index (χ0n) is 16.7. The minimum atomic E-state index is -3.85. The van der Waals surface area contributed by atoms with Crippen molar-refractivity contribution in [3.63, 3.8) is 0 Å². The first kappa shape index (κ1) is 21.4. The molecule has 0 spiro atoms. The molecule has 9 heteroatoms. The van der Waals surface area contributed by atoms with Gasteiger partial charge in [0.15, 0.2) is 0 Å². The van der Waals surface area contributed by atoms with Crippen LogP contribution in [0.15, 0.2) is 70.6 Å². The Bertz CT molecular complexity index is 1140. The third-order valence-corrected chi connectivity index (χ3v) is 6.06. The summed E-state index contributed by atoms with van der Waals surface area (Å²) in [4.78, 5) is 15.5. The summed E-state index contributed by atoms with van der Waals surface area (Å²) in [7, 11) is -3.85. The summed E-state index contributed by atoms with van der Waals surface area (Å²) in [5.74, 6) is 0.325. The first-order chi connectivity index (χ1) is 14.3. The van der Waals surface area contributed by atoms with E-state index < -0.39 is 10.0 Å². The molecule has 0 atom stereocenters. The van der Waals surface area contributed by atoms with Gasteiger partial charge in [-0.05, 0) is 31.2 Å². The fraction of sp³-hybridized carbons (Fsp3) is 0.190. The molecule has 0 aliphatic heterocycles. The average molecular weight is 426 g/mol. The summed E-state index contributed by atoms with van der Waals surface area (Å²) in [6.07, 6.45) is 1.49. The maximum absolute atomic E-state index is 13.1. The van der Waals surface area contributed by atoms with E-state index in [9.17, 15) is 13.2 Å². The van der Waals surface area contributed by atoms with Crippen molar-refractivity contribution < 1.29 is 17.7 Å². The smallest absolute Gasteiger partial charge is 0.243 e. The van der Waals surface area contributed by atoms with Crippen molar-refractivity contribution in [2.45, 2.75) is 25.3 Å². The van der Waals surface area contributed by atoms with Crippen LogP contribution in [0.1, 0.15) is 18.4 Å². The van der Waals surface area contributed by atoms with Gasteiger partial charge in [0.2, 0.25) is 27.6 Å². The van der Waals surface area contributed by atoms with Crippen molar-refractivity contribution in [2.75, 3.05) is 11.9 Å². The molecule has 1 N–H and O–H groups in total. The van der Waals surface area contributed by atoms with Crippen LogP contribution >= 0.6 is 0 Å². The molecule has 8 nitrogen and oxygen atoms in total. The summed E-state index contributed by atoms with van der Waals surface area (Å²) in [6, 6.07) is 13.5. The Morgan fingerprint density at radius 3 is 2.43 bits per heavy atom. The molecule has 0 radical (unpaired) electrons. The highest BCUT2D eigenvalue weighted by molar-refractivity contribution is 7.89. The van der Waals surface area contributed by atoms with Gasteiger partial charge in [-0.15, -0.1) is 6.58 Å². The van der Waals surface area contributed by atoms with Crippen LogP contribution < -0.4 is 5.32 Å². The van der Waals surface area contributed by atoms with Gasteiger partial charge in [-0.3, -0.25) is 4.79 Å².